The molecule has 112 valence electrons. The molecule has 0 radical (unpaired) electrons. The number of hydrogen-bond acceptors (Lipinski definition) is 4. The first-order valence-corrected chi connectivity index (χ1v) is 6.75. The molecule has 1 aliphatic rings. The zero-order valence-electron chi connectivity index (χ0n) is 11.1. The standard InChI is InChI=1S/C14H14F3N3O/c15-10-4-1-8(2-5-10)9-3-6-11(7-9)18-14-20-19-13(21-14)12(16)17/h1-2,4-5,9,11-12H,3,6-7H2,(H,18,20)/t9-,11+/m1/s1. The molecule has 1 fully saturated rings. The lowest BCUT2D eigenvalue weighted by molar-refractivity contribution is 0.116. The van der Waals surface area contributed by atoms with E-state index < -0.39 is 12.3 Å². The van der Waals surface area contributed by atoms with Gasteiger partial charge in [0.2, 0.25) is 0 Å². The number of hydrogen-bond donors (Lipinski definition) is 1. The van der Waals surface area contributed by atoms with E-state index in [1.807, 2.05) is 0 Å². The maximum Gasteiger partial charge on any atom is 0.315 e. The van der Waals surface area contributed by atoms with Gasteiger partial charge in [0.05, 0.1) is 0 Å². The molecule has 1 aromatic carbocycles. The van der Waals surface area contributed by atoms with Gasteiger partial charge in [-0.25, -0.2) is 4.39 Å². The molecule has 1 aromatic heterocycles. The van der Waals surface area contributed by atoms with Crippen molar-refractivity contribution in [1.29, 1.82) is 0 Å². The molecule has 4 nitrogen and oxygen atoms in total. The van der Waals surface area contributed by atoms with Crippen LogP contribution < -0.4 is 5.32 Å². The van der Waals surface area contributed by atoms with Crippen molar-refractivity contribution in [3.63, 3.8) is 0 Å². The Kier molecular flexibility index (Phi) is 3.81. The third-order valence-electron chi connectivity index (χ3n) is 3.73. The molecule has 0 aliphatic heterocycles. The van der Waals surface area contributed by atoms with E-state index in [1.165, 1.54) is 12.1 Å². The fourth-order valence-electron chi connectivity index (χ4n) is 2.71. The minimum absolute atomic E-state index is 0.0232. The summed E-state index contributed by atoms with van der Waals surface area (Å²) in [4.78, 5) is 0. The maximum atomic E-state index is 12.9. The van der Waals surface area contributed by atoms with E-state index in [0.717, 1.165) is 24.8 Å². The molecular weight excluding hydrogens is 283 g/mol. The summed E-state index contributed by atoms with van der Waals surface area (Å²) in [7, 11) is 0. The highest BCUT2D eigenvalue weighted by Gasteiger charge is 2.27. The lowest BCUT2D eigenvalue weighted by Crippen LogP contribution is -2.15. The minimum Gasteiger partial charge on any atom is -0.402 e. The largest absolute Gasteiger partial charge is 0.402 e. The number of nitrogens with zero attached hydrogens (tertiary/aromatic N) is 2. The maximum absolute atomic E-state index is 12.9. The summed E-state index contributed by atoms with van der Waals surface area (Å²) in [5.74, 6) is -0.608. The van der Waals surface area contributed by atoms with Crippen molar-refractivity contribution in [2.45, 2.75) is 37.6 Å². The van der Waals surface area contributed by atoms with Crippen molar-refractivity contribution in [1.82, 2.24) is 10.2 Å². The number of nitrogens with one attached hydrogen (secondary N) is 1. The molecule has 0 unspecified atom stereocenters. The quantitative estimate of drug-likeness (QED) is 0.930. The van der Waals surface area contributed by atoms with Gasteiger partial charge in [0.25, 0.3) is 5.89 Å². The van der Waals surface area contributed by atoms with Crippen molar-refractivity contribution in [3.05, 3.63) is 41.5 Å². The smallest absolute Gasteiger partial charge is 0.315 e. The van der Waals surface area contributed by atoms with Gasteiger partial charge in [-0.3, -0.25) is 0 Å². The Labute approximate surface area is 119 Å². The van der Waals surface area contributed by atoms with Gasteiger partial charge < -0.3 is 9.73 Å². The fraction of sp³-hybridized carbons (Fsp3) is 0.429. The van der Waals surface area contributed by atoms with Crippen LogP contribution in [0, 0.1) is 5.82 Å². The molecule has 3 rings (SSSR count). The van der Waals surface area contributed by atoms with Gasteiger partial charge in [-0.1, -0.05) is 17.2 Å². The van der Waals surface area contributed by atoms with Gasteiger partial charge in [-0.05, 0) is 42.9 Å². The number of halogens is 3. The average Bonchev–Trinajstić information content (AvgIpc) is 3.10. The first-order chi connectivity index (χ1) is 10.1. The topological polar surface area (TPSA) is 51.0 Å². The first-order valence-electron chi connectivity index (χ1n) is 6.75. The van der Waals surface area contributed by atoms with Crippen molar-refractivity contribution >= 4 is 6.01 Å². The highest BCUT2D eigenvalue weighted by Crippen LogP contribution is 2.35. The van der Waals surface area contributed by atoms with Crippen LogP contribution in [0.25, 0.3) is 0 Å². The molecule has 0 amide bonds. The molecule has 1 N–H and O–H groups in total. The predicted octanol–water partition coefficient (Wildman–Crippen LogP) is 3.89. The Morgan fingerprint density at radius 1 is 1.14 bits per heavy atom. The minimum atomic E-state index is -2.76. The highest BCUT2D eigenvalue weighted by atomic mass is 19.3. The second kappa shape index (κ2) is 5.75. The lowest BCUT2D eigenvalue weighted by Gasteiger charge is -2.12. The third kappa shape index (κ3) is 3.17. The summed E-state index contributed by atoms with van der Waals surface area (Å²) in [6.07, 6.45) is -0.130. The molecule has 21 heavy (non-hydrogen) atoms. The first kappa shape index (κ1) is 13.9. The number of aromatic nitrogens is 2. The summed E-state index contributed by atoms with van der Waals surface area (Å²) in [5, 5.41) is 9.81. The van der Waals surface area contributed by atoms with E-state index >= 15 is 0 Å². The predicted molar refractivity (Wildman–Crippen MR) is 69.7 cm³/mol. The second-order valence-corrected chi connectivity index (χ2v) is 5.15. The summed E-state index contributed by atoms with van der Waals surface area (Å²) >= 11 is 0. The molecule has 2 aromatic rings. The molecule has 1 saturated carbocycles. The van der Waals surface area contributed by atoms with E-state index in [-0.39, 0.29) is 17.9 Å². The zero-order valence-corrected chi connectivity index (χ0v) is 11.1. The van der Waals surface area contributed by atoms with Gasteiger partial charge >= 0.3 is 12.4 Å². The van der Waals surface area contributed by atoms with Crippen molar-refractivity contribution in [2.75, 3.05) is 5.32 Å². The average molecular weight is 297 g/mol. The molecule has 1 aliphatic carbocycles. The molecule has 2 atom stereocenters. The molecule has 0 saturated heterocycles. The molecular formula is C14H14F3N3O. The summed E-state index contributed by atoms with van der Waals surface area (Å²) < 4.78 is 42.4. The van der Waals surface area contributed by atoms with Crippen molar-refractivity contribution in [2.24, 2.45) is 0 Å². The Morgan fingerprint density at radius 2 is 1.90 bits per heavy atom. The van der Waals surface area contributed by atoms with Crippen LogP contribution in [0.4, 0.5) is 19.2 Å². The van der Waals surface area contributed by atoms with Crippen LogP contribution >= 0.6 is 0 Å². The SMILES string of the molecule is Fc1ccc([C@@H]2CC[C@H](Nc3nnc(C(F)F)o3)C2)cc1. The van der Waals surface area contributed by atoms with E-state index in [9.17, 15) is 13.2 Å². The van der Waals surface area contributed by atoms with Crippen LogP contribution in [0.2, 0.25) is 0 Å². The van der Waals surface area contributed by atoms with Crippen LogP contribution in [-0.4, -0.2) is 16.2 Å². The Hall–Kier alpha value is -2.05. The zero-order chi connectivity index (χ0) is 14.8. The third-order valence-corrected chi connectivity index (χ3v) is 3.73. The van der Waals surface area contributed by atoms with Crippen LogP contribution in [0.3, 0.4) is 0 Å². The number of rotatable bonds is 4. The Morgan fingerprint density at radius 3 is 2.57 bits per heavy atom. The van der Waals surface area contributed by atoms with Crippen molar-refractivity contribution in [3.8, 4) is 0 Å². The van der Waals surface area contributed by atoms with E-state index in [1.54, 1.807) is 12.1 Å². The second-order valence-electron chi connectivity index (χ2n) is 5.15. The lowest BCUT2D eigenvalue weighted by atomic mass is 9.97. The summed E-state index contributed by atoms with van der Waals surface area (Å²) in [5.41, 5.74) is 1.08. The monoisotopic (exact) mass is 297 g/mol. The van der Waals surface area contributed by atoms with Gasteiger partial charge in [0.15, 0.2) is 0 Å². The van der Waals surface area contributed by atoms with Crippen LogP contribution in [0.15, 0.2) is 28.7 Å². The van der Waals surface area contributed by atoms with Gasteiger partial charge in [-0.2, -0.15) is 8.78 Å². The van der Waals surface area contributed by atoms with Crippen molar-refractivity contribution < 1.29 is 17.6 Å². The van der Waals surface area contributed by atoms with Crippen LogP contribution in [0.5, 0.6) is 0 Å². The molecule has 7 heteroatoms. The van der Waals surface area contributed by atoms with E-state index in [0.29, 0.717) is 5.92 Å². The van der Waals surface area contributed by atoms with Crippen LogP contribution in [0.1, 0.15) is 43.1 Å². The summed E-state index contributed by atoms with van der Waals surface area (Å²) in [6.45, 7) is 0. The van der Waals surface area contributed by atoms with Gasteiger partial charge in [0.1, 0.15) is 5.82 Å². The Balaban J connectivity index is 1.60. The molecule has 1 heterocycles. The van der Waals surface area contributed by atoms with Crippen LogP contribution in [-0.2, 0) is 0 Å². The van der Waals surface area contributed by atoms with E-state index in [2.05, 4.69) is 15.5 Å². The van der Waals surface area contributed by atoms with Gasteiger partial charge in [-0.15, -0.1) is 5.10 Å². The number of alkyl halides is 2. The number of anilines is 1. The normalized spacial score (nSPS) is 21.9. The highest BCUT2D eigenvalue weighted by molar-refractivity contribution is 5.26. The number of benzene rings is 1. The van der Waals surface area contributed by atoms with E-state index in [4.69, 9.17) is 4.42 Å². The van der Waals surface area contributed by atoms with Gasteiger partial charge in [0, 0.05) is 6.04 Å². The fourth-order valence-corrected chi connectivity index (χ4v) is 2.71. The Bertz CT molecular complexity index is 600. The molecule has 0 spiro atoms. The summed E-state index contributed by atoms with van der Waals surface area (Å²) in [6, 6.07) is 6.57. The molecule has 0 bridgehead atoms.